The van der Waals surface area contributed by atoms with Crippen molar-refractivity contribution in [3.05, 3.63) is 59.7 Å². The summed E-state index contributed by atoms with van der Waals surface area (Å²) in [6.45, 7) is 1.09. The standard InChI is InChI=1S/C20H23F2N3O3S/c1-24(13-15-7-8-16(21)11-19(15)22)14-20(26)23-17-5-4-6-18(12-17)29(27,28)25-9-2-3-10-25/h4-8,11-12H,2-3,9-10,13-14H2,1H3,(H,23,26). The molecule has 0 aliphatic carbocycles. The van der Waals surface area contributed by atoms with Crippen LogP contribution in [0.5, 0.6) is 0 Å². The molecule has 0 spiro atoms. The van der Waals surface area contributed by atoms with Gasteiger partial charge >= 0.3 is 0 Å². The number of sulfonamides is 1. The van der Waals surface area contributed by atoms with Crippen LogP contribution in [-0.2, 0) is 21.4 Å². The Labute approximate surface area is 169 Å². The summed E-state index contributed by atoms with van der Waals surface area (Å²) in [5.74, 6) is -1.70. The smallest absolute Gasteiger partial charge is 0.243 e. The fraction of sp³-hybridized carbons (Fsp3) is 0.350. The van der Waals surface area contributed by atoms with Crippen LogP contribution in [0.15, 0.2) is 47.4 Å². The molecule has 0 aromatic heterocycles. The topological polar surface area (TPSA) is 69.7 Å². The minimum atomic E-state index is -3.57. The highest BCUT2D eigenvalue weighted by Gasteiger charge is 2.27. The molecule has 0 atom stereocenters. The summed E-state index contributed by atoms with van der Waals surface area (Å²) in [6, 6.07) is 9.44. The van der Waals surface area contributed by atoms with Crippen molar-refractivity contribution in [1.82, 2.24) is 9.21 Å². The molecule has 0 radical (unpaired) electrons. The molecule has 6 nitrogen and oxygen atoms in total. The average Bonchev–Trinajstić information content (AvgIpc) is 3.20. The van der Waals surface area contributed by atoms with Gasteiger partial charge in [0.15, 0.2) is 0 Å². The van der Waals surface area contributed by atoms with Gasteiger partial charge in [0.2, 0.25) is 15.9 Å². The quantitative estimate of drug-likeness (QED) is 0.744. The molecule has 9 heteroatoms. The monoisotopic (exact) mass is 423 g/mol. The van der Waals surface area contributed by atoms with Crippen LogP contribution in [0, 0.1) is 11.6 Å². The van der Waals surface area contributed by atoms with E-state index >= 15 is 0 Å². The van der Waals surface area contributed by atoms with Gasteiger partial charge in [0.1, 0.15) is 11.6 Å². The number of carbonyl (C=O) groups is 1. The van der Waals surface area contributed by atoms with Crippen LogP contribution in [0.2, 0.25) is 0 Å². The number of nitrogens with one attached hydrogen (secondary N) is 1. The predicted octanol–water partition coefficient (Wildman–Crippen LogP) is 2.82. The first-order valence-corrected chi connectivity index (χ1v) is 10.7. The van der Waals surface area contributed by atoms with E-state index in [4.69, 9.17) is 0 Å². The Morgan fingerprint density at radius 2 is 1.86 bits per heavy atom. The first-order valence-electron chi connectivity index (χ1n) is 9.28. The largest absolute Gasteiger partial charge is 0.325 e. The maximum atomic E-state index is 13.8. The summed E-state index contributed by atoms with van der Waals surface area (Å²) in [4.78, 5) is 14.0. The summed E-state index contributed by atoms with van der Waals surface area (Å²) >= 11 is 0. The zero-order valence-electron chi connectivity index (χ0n) is 16.1. The van der Waals surface area contributed by atoms with Gasteiger partial charge in [-0.05, 0) is 44.2 Å². The molecule has 1 aliphatic heterocycles. The van der Waals surface area contributed by atoms with Gasteiger partial charge in [0.25, 0.3) is 0 Å². The molecular weight excluding hydrogens is 400 g/mol. The molecule has 29 heavy (non-hydrogen) atoms. The lowest BCUT2D eigenvalue weighted by Crippen LogP contribution is -2.30. The van der Waals surface area contributed by atoms with E-state index in [1.165, 1.54) is 28.6 Å². The lowest BCUT2D eigenvalue weighted by molar-refractivity contribution is -0.117. The Kier molecular flexibility index (Phi) is 6.61. The summed E-state index contributed by atoms with van der Waals surface area (Å²) in [5.41, 5.74) is 0.650. The molecule has 0 saturated carbocycles. The van der Waals surface area contributed by atoms with Crippen LogP contribution < -0.4 is 5.32 Å². The van der Waals surface area contributed by atoms with E-state index in [-0.39, 0.29) is 29.5 Å². The number of rotatable bonds is 7. The van der Waals surface area contributed by atoms with E-state index in [1.54, 1.807) is 24.1 Å². The van der Waals surface area contributed by atoms with Crippen LogP contribution in [0.4, 0.5) is 14.5 Å². The second kappa shape index (κ2) is 8.98. The molecule has 3 rings (SSSR count). The predicted molar refractivity (Wildman–Crippen MR) is 106 cm³/mol. The number of carbonyl (C=O) groups excluding carboxylic acids is 1. The molecule has 156 valence electrons. The van der Waals surface area contributed by atoms with Gasteiger partial charge in [-0.1, -0.05) is 12.1 Å². The van der Waals surface area contributed by atoms with E-state index in [0.29, 0.717) is 18.8 Å². The van der Waals surface area contributed by atoms with Gasteiger partial charge in [-0.25, -0.2) is 17.2 Å². The third-order valence-corrected chi connectivity index (χ3v) is 6.58. The maximum absolute atomic E-state index is 13.8. The third kappa shape index (κ3) is 5.37. The first kappa shape index (κ1) is 21.4. The summed E-state index contributed by atoms with van der Waals surface area (Å²) in [5, 5.41) is 2.67. The van der Waals surface area contributed by atoms with E-state index in [9.17, 15) is 22.0 Å². The molecule has 0 bridgehead atoms. The highest BCUT2D eigenvalue weighted by Crippen LogP contribution is 2.23. The summed E-state index contributed by atoms with van der Waals surface area (Å²) < 4.78 is 53.5. The fourth-order valence-electron chi connectivity index (χ4n) is 3.25. The Balaban J connectivity index is 1.62. The first-order chi connectivity index (χ1) is 13.8. The van der Waals surface area contributed by atoms with Gasteiger partial charge in [-0.15, -0.1) is 0 Å². The number of amides is 1. The molecular formula is C20H23F2N3O3S. The number of halogens is 2. The number of benzene rings is 2. The Bertz CT molecular complexity index is 992. The number of hydrogen-bond donors (Lipinski definition) is 1. The normalized spacial score (nSPS) is 15.0. The van der Waals surface area contributed by atoms with Gasteiger partial charge < -0.3 is 5.32 Å². The second-order valence-corrected chi connectivity index (χ2v) is 9.03. The SMILES string of the molecule is CN(CC(=O)Nc1cccc(S(=O)(=O)N2CCCC2)c1)Cc1ccc(F)cc1F. The lowest BCUT2D eigenvalue weighted by atomic mass is 10.2. The van der Waals surface area contributed by atoms with E-state index in [2.05, 4.69) is 5.32 Å². The second-order valence-electron chi connectivity index (χ2n) is 7.10. The molecule has 2 aromatic rings. The minimum Gasteiger partial charge on any atom is -0.325 e. The van der Waals surface area contributed by atoms with Crippen LogP contribution in [-0.4, -0.2) is 50.2 Å². The van der Waals surface area contributed by atoms with Crippen molar-refractivity contribution in [2.75, 3.05) is 32.0 Å². The van der Waals surface area contributed by atoms with Gasteiger partial charge in [-0.3, -0.25) is 9.69 Å². The van der Waals surface area contributed by atoms with Crippen LogP contribution in [0.3, 0.4) is 0 Å². The van der Waals surface area contributed by atoms with Gasteiger partial charge in [-0.2, -0.15) is 4.31 Å². The van der Waals surface area contributed by atoms with Crippen LogP contribution in [0.25, 0.3) is 0 Å². The molecule has 1 saturated heterocycles. The molecule has 1 fully saturated rings. The zero-order chi connectivity index (χ0) is 21.0. The Morgan fingerprint density at radius 1 is 1.14 bits per heavy atom. The average molecular weight is 423 g/mol. The molecule has 2 aromatic carbocycles. The van der Waals surface area contributed by atoms with Crippen molar-refractivity contribution in [3.8, 4) is 0 Å². The van der Waals surface area contributed by atoms with Gasteiger partial charge in [0.05, 0.1) is 11.4 Å². The number of hydrogen-bond acceptors (Lipinski definition) is 4. The van der Waals surface area contributed by atoms with Crippen LogP contribution in [0.1, 0.15) is 18.4 Å². The lowest BCUT2D eigenvalue weighted by Gasteiger charge is -2.18. The summed E-state index contributed by atoms with van der Waals surface area (Å²) in [6.07, 6.45) is 1.69. The highest BCUT2D eigenvalue weighted by atomic mass is 32.2. The minimum absolute atomic E-state index is 0.0417. The third-order valence-electron chi connectivity index (χ3n) is 4.69. The van der Waals surface area contributed by atoms with E-state index in [1.807, 2.05) is 0 Å². The summed E-state index contributed by atoms with van der Waals surface area (Å²) in [7, 11) is -1.93. The van der Waals surface area contributed by atoms with Crippen molar-refractivity contribution in [1.29, 1.82) is 0 Å². The fourth-order valence-corrected chi connectivity index (χ4v) is 4.82. The van der Waals surface area contributed by atoms with Crippen molar-refractivity contribution in [2.45, 2.75) is 24.3 Å². The van der Waals surface area contributed by atoms with E-state index < -0.39 is 21.7 Å². The molecule has 1 heterocycles. The molecule has 1 aliphatic rings. The molecule has 1 N–H and O–H groups in total. The van der Waals surface area contributed by atoms with Crippen LogP contribution >= 0.6 is 0 Å². The highest BCUT2D eigenvalue weighted by molar-refractivity contribution is 7.89. The molecule has 1 amide bonds. The van der Waals surface area contributed by atoms with Crippen molar-refractivity contribution in [3.63, 3.8) is 0 Å². The number of anilines is 1. The van der Waals surface area contributed by atoms with Crippen molar-refractivity contribution < 1.29 is 22.0 Å². The maximum Gasteiger partial charge on any atom is 0.243 e. The Morgan fingerprint density at radius 3 is 2.55 bits per heavy atom. The zero-order valence-corrected chi connectivity index (χ0v) is 16.9. The Hall–Kier alpha value is -2.36. The number of likely N-dealkylation sites (N-methyl/N-ethyl adjacent to an activating group) is 1. The molecule has 0 unspecified atom stereocenters. The van der Waals surface area contributed by atoms with Crippen molar-refractivity contribution in [2.24, 2.45) is 0 Å². The van der Waals surface area contributed by atoms with E-state index in [0.717, 1.165) is 18.9 Å². The number of nitrogens with zero attached hydrogens (tertiary/aromatic N) is 2. The van der Waals surface area contributed by atoms with Gasteiger partial charge in [0, 0.05) is 37.0 Å². The van der Waals surface area contributed by atoms with Crippen molar-refractivity contribution >= 4 is 21.6 Å².